The second kappa shape index (κ2) is 28.4. The lowest BCUT2D eigenvalue weighted by molar-refractivity contribution is -0.140. The van der Waals surface area contributed by atoms with Crippen molar-refractivity contribution in [2.75, 3.05) is 88.5 Å². The highest BCUT2D eigenvalue weighted by molar-refractivity contribution is 7.17. The predicted octanol–water partition coefficient (Wildman–Crippen LogP) is 14.0. The molecule has 79 heavy (non-hydrogen) atoms. The molecule has 4 aromatic carbocycles. The number of anilines is 2. The molecule has 2 aliphatic carbocycles. The standard InChI is InChI=1S/C32H37N3O3S.C25H27N3O2S.C7H11ClO/c36-32(25-7-2-1-3-8-25)38-31-14-12-24-11-13-26(23-28(24)33-31)37-21-5-4-16-34-17-19-35(20-18-34)29-9-6-10-30-27(29)15-22-39-30;29-25-9-7-19-6-8-20(18-22(19)26-25)30-16-2-1-11-27-12-14-28(15-13-27)23-4-3-5-24-21(23)10-17-31-24;8-7(9)6-4-2-1-3-5-6/h6,9-15,22-23,25H,1-5,7-8,16-21H2;3-10,17-18H,1-2,11-16H2,(H,26,29);6H,1-5H2. The predicted molar refractivity (Wildman–Crippen MR) is 326 cm³/mol. The number of nitrogens with zero attached hydrogens (tertiary/aromatic N) is 5. The van der Waals surface area contributed by atoms with Gasteiger partial charge in [0.25, 0.3) is 0 Å². The van der Waals surface area contributed by atoms with Crippen molar-refractivity contribution in [3.8, 4) is 17.4 Å². The van der Waals surface area contributed by atoms with Gasteiger partial charge in [0.15, 0.2) is 0 Å². The number of rotatable bonds is 17. The van der Waals surface area contributed by atoms with Crippen molar-refractivity contribution < 1.29 is 23.8 Å². The molecule has 416 valence electrons. The molecule has 6 heterocycles. The summed E-state index contributed by atoms with van der Waals surface area (Å²) in [7, 11) is 0. The number of carbonyl (C=O) groups excluding carboxylic acids is 2. The molecule has 0 amide bonds. The Hall–Kier alpha value is -6.03. The number of piperazine rings is 2. The van der Waals surface area contributed by atoms with Gasteiger partial charge in [0.2, 0.25) is 16.7 Å². The van der Waals surface area contributed by atoms with E-state index in [1.807, 2.05) is 71.2 Å². The van der Waals surface area contributed by atoms with E-state index < -0.39 is 0 Å². The molecule has 8 aromatic rings. The van der Waals surface area contributed by atoms with Gasteiger partial charge >= 0.3 is 5.97 Å². The van der Waals surface area contributed by atoms with Gasteiger partial charge in [0.05, 0.1) is 30.2 Å². The van der Waals surface area contributed by atoms with Gasteiger partial charge in [0.1, 0.15) is 11.5 Å². The van der Waals surface area contributed by atoms with E-state index in [1.54, 1.807) is 12.1 Å². The Kier molecular flexibility index (Phi) is 20.2. The monoisotopic (exact) mass is 1120 g/mol. The Labute approximate surface area is 477 Å². The SMILES string of the molecule is O=C(Cl)C1CCCCC1.O=C(Oc1ccc2ccc(OCCCCN3CCN(c4cccc5sccc45)CC3)cc2n1)C1CCCCC1.O=c1ccc2ccc(OCCCCN3CCN(c4cccc5sccc45)CC3)cc2[nH]1. The quantitative estimate of drug-likeness (QED) is 0.0533. The average Bonchev–Trinajstić information content (AvgIpc) is 4.29. The number of carbonyl (C=O) groups is 2. The molecule has 12 nitrogen and oxygen atoms in total. The molecule has 0 unspecified atom stereocenters. The van der Waals surface area contributed by atoms with Crippen LogP contribution in [0.3, 0.4) is 0 Å². The van der Waals surface area contributed by atoms with Crippen LogP contribution in [0.5, 0.6) is 17.4 Å². The van der Waals surface area contributed by atoms with Crippen molar-refractivity contribution in [1.82, 2.24) is 19.8 Å². The van der Waals surface area contributed by atoms with Crippen LogP contribution < -0.4 is 29.6 Å². The Balaban J connectivity index is 0.000000157. The molecule has 15 heteroatoms. The number of unbranched alkanes of at least 4 members (excludes halogenated alkanes) is 2. The van der Waals surface area contributed by atoms with Gasteiger partial charge in [-0.15, -0.1) is 22.7 Å². The van der Waals surface area contributed by atoms with Crippen molar-refractivity contribution in [2.45, 2.75) is 89.9 Å². The fourth-order valence-corrected chi connectivity index (χ4v) is 13.3. The highest BCUT2D eigenvalue weighted by Gasteiger charge is 2.24. The number of pyridine rings is 2. The molecular weight excluding hydrogens is 1050 g/mol. The van der Waals surface area contributed by atoms with Gasteiger partial charge in [0, 0.05) is 119 Å². The van der Waals surface area contributed by atoms with E-state index in [2.05, 4.69) is 88.9 Å². The zero-order valence-corrected chi connectivity index (χ0v) is 47.9. The number of benzene rings is 4. The lowest BCUT2D eigenvalue weighted by Gasteiger charge is -2.36. The summed E-state index contributed by atoms with van der Waals surface area (Å²) >= 11 is 8.95. The summed E-state index contributed by atoms with van der Waals surface area (Å²) in [5.74, 6) is 2.04. The van der Waals surface area contributed by atoms with E-state index in [0.29, 0.717) is 19.1 Å². The first-order valence-corrected chi connectivity index (χ1v) is 31.0. The maximum absolute atomic E-state index is 12.5. The Morgan fingerprint density at radius 3 is 1.65 bits per heavy atom. The number of nitrogens with one attached hydrogen (secondary N) is 1. The van der Waals surface area contributed by atoms with Crippen LogP contribution in [-0.2, 0) is 9.59 Å². The summed E-state index contributed by atoms with van der Waals surface area (Å²) in [5.41, 5.74) is 4.28. The number of H-pyrrole nitrogens is 1. The molecule has 0 radical (unpaired) electrons. The van der Waals surface area contributed by atoms with Crippen LogP contribution >= 0.6 is 34.3 Å². The van der Waals surface area contributed by atoms with Crippen molar-refractivity contribution >= 4 is 98.8 Å². The van der Waals surface area contributed by atoms with Crippen molar-refractivity contribution in [3.05, 3.63) is 130 Å². The van der Waals surface area contributed by atoms with E-state index in [9.17, 15) is 14.4 Å². The number of esters is 1. The van der Waals surface area contributed by atoms with Crippen molar-refractivity contribution in [2.24, 2.45) is 11.8 Å². The number of aromatic nitrogens is 2. The number of halogens is 1. The van der Waals surface area contributed by atoms with Gasteiger partial charge in [-0.3, -0.25) is 24.2 Å². The molecule has 1 N–H and O–H groups in total. The van der Waals surface area contributed by atoms with Crippen molar-refractivity contribution in [1.29, 1.82) is 0 Å². The van der Waals surface area contributed by atoms with Crippen LogP contribution in [0.25, 0.3) is 42.0 Å². The number of fused-ring (bicyclic) bond motifs is 4. The highest BCUT2D eigenvalue weighted by Crippen LogP contribution is 2.33. The summed E-state index contributed by atoms with van der Waals surface area (Å²) in [6.45, 7) is 12.3. The second-order valence-corrected chi connectivity index (χ2v) is 23.7. The average molecular weight is 1120 g/mol. The van der Waals surface area contributed by atoms with Gasteiger partial charge in [-0.1, -0.05) is 50.7 Å². The number of thiophene rings is 2. The molecule has 12 rings (SSSR count). The first kappa shape index (κ1) is 56.3. The van der Waals surface area contributed by atoms with E-state index >= 15 is 0 Å². The summed E-state index contributed by atoms with van der Waals surface area (Å²) in [6, 6.07) is 36.7. The van der Waals surface area contributed by atoms with Crippen LogP contribution in [0.4, 0.5) is 11.4 Å². The molecule has 0 spiro atoms. The van der Waals surface area contributed by atoms with Gasteiger partial charge in [-0.25, -0.2) is 4.98 Å². The number of hydrogen-bond acceptors (Lipinski definition) is 13. The summed E-state index contributed by atoms with van der Waals surface area (Å²) in [4.78, 5) is 52.2. The Morgan fingerprint density at radius 2 is 1.09 bits per heavy atom. The van der Waals surface area contributed by atoms with Crippen LogP contribution in [-0.4, -0.2) is 110 Å². The largest absolute Gasteiger partial charge is 0.494 e. The first-order chi connectivity index (χ1) is 38.8. The lowest BCUT2D eigenvalue weighted by Crippen LogP contribution is -2.46. The maximum Gasteiger partial charge on any atom is 0.315 e. The smallest absolute Gasteiger partial charge is 0.315 e. The molecule has 4 aliphatic rings. The van der Waals surface area contributed by atoms with Crippen LogP contribution in [0.1, 0.15) is 89.9 Å². The van der Waals surface area contributed by atoms with Gasteiger partial charge < -0.3 is 29.0 Å². The molecular formula is C64H75ClN6O6S2. The number of aromatic amines is 1. The summed E-state index contributed by atoms with van der Waals surface area (Å²) in [5, 5.41) is 9.03. The Bertz CT molecular complexity index is 3300. The molecule has 2 saturated heterocycles. The van der Waals surface area contributed by atoms with Crippen LogP contribution in [0.15, 0.2) is 125 Å². The third kappa shape index (κ3) is 15.7. The van der Waals surface area contributed by atoms with Gasteiger partial charge in [-0.05, 0) is 165 Å². The molecule has 0 atom stereocenters. The minimum absolute atomic E-state index is 0.0101. The molecule has 2 aliphatic heterocycles. The molecule has 4 fully saturated rings. The minimum atomic E-state index is -0.143. The first-order valence-electron chi connectivity index (χ1n) is 28.9. The number of hydrogen-bond donors (Lipinski definition) is 1. The van der Waals surface area contributed by atoms with E-state index in [0.717, 1.165) is 163 Å². The second-order valence-electron chi connectivity index (χ2n) is 21.5. The van der Waals surface area contributed by atoms with E-state index in [1.165, 1.54) is 57.2 Å². The minimum Gasteiger partial charge on any atom is -0.494 e. The third-order valence-corrected chi connectivity index (χ3v) is 18.1. The topological polar surface area (TPSA) is 121 Å². The molecule has 4 aromatic heterocycles. The number of ether oxygens (including phenoxy) is 3. The fraction of sp³-hybridized carbons (Fsp3) is 0.438. The van der Waals surface area contributed by atoms with Crippen LogP contribution in [0.2, 0.25) is 0 Å². The van der Waals surface area contributed by atoms with Gasteiger partial charge in [-0.2, -0.15) is 0 Å². The highest BCUT2D eigenvalue weighted by atomic mass is 35.5. The zero-order valence-electron chi connectivity index (χ0n) is 45.5. The normalized spacial score (nSPS) is 16.8. The fourth-order valence-electron chi connectivity index (χ4n) is 11.5. The summed E-state index contributed by atoms with van der Waals surface area (Å²) < 4.78 is 20.3. The summed E-state index contributed by atoms with van der Waals surface area (Å²) in [6.07, 6.45) is 15.2. The van der Waals surface area contributed by atoms with Crippen molar-refractivity contribution in [3.63, 3.8) is 0 Å². The zero-order chi connectivity index (χ0) is 54.2. The lowest BCUT2D eigenvalue weighted by atomic mass is 9.89. The molecule has 0 bridgehead atoms. The van der Waals surface area contributed by atoms with Crippen LogP contribution in [0, 0.1) is 11.8 Å². The maximum atomic E-state index is 12.5. The Morgan fingerprint density at radius 1 is 0.570 bits per heavy atom. The van der Waals surface area contributed by atoms with E-state index in [4.69, 9.17) is 25.8 Å². The van der Waals surface area contributed by atoms with E-state index in [-0.39, 0.29) is 28.6 Å². The third-order valence-electron chi connectivity index (χ3n) is 16.1. The molecule has 2 saturated carbocycles.